The highest BCUT2D eigenvalue weighted by Crippen LogP contribution is 2.25. The summed E-state index contributed by atoms with van der Waals surface area (Å²) in [6, 6.07) is 0.808. The van der Waals surface area contributed by atoms with E-state index in [4.69, 9.17) is 5.11 Å². The molecule has 0 heterocycles. The molecule has 1 aliphatic carbocycles. The second-order valence-corrected chi connectivity index (χ2v) is 4.26. The van der Waals surface area contributed by atoms with Gasteiger partial charge in [-0.3, -0.25) is 4.90 Å². The van der Waals surface area contributed by atoms with Crippen LogP contribution in [0.4, 0.5) is 0 Å². The molecule has 1 saturated carbocycles. The van der Waals surface area contributed by atoms with Crippen molar-refractivity contribution < 1.29 is 9.90 Å². The number of nitrogens with zero attached hydrogens (tertiary/aromatic N) is 1. The summed E-state index contributed by atoms with van der Waals surface area (Å²) in [6.07, 6.45) is 4.40. The van der Waals surface area contributed by atoms with E-state index in [0.29, 0.717) is 12.1 Å². The molecule has 0 aliphatic heterocycles. The topological polar surface area (TPSA) is 52.6 Å². The molecule has 4 nitrogen and oxygen atoms in total. The molecule has 0 atom stereocenters. The highest BCUT2D eigenvalue weighted by atomic mass is 16.4. The maximum absolute atomic E-state index is 10.5. The number of hydrogen-bond acceptors (Lipinski definition) is 3. The van der Waals surface area contributed by atoms with Gasteiger partial charge in [0.1, 0.15) is 0 Å². The first kappa shape index (κ1) is 13.2. The molecule has 92 valence electrons. The zero-order chi connectivity index (χ0) is 12.0. The van der Waals surface area contributed by atoms with Crippen LogP contribution in [0.15, 0.2) is 11.6 Å². The maximum Gasteiger partial charge on any atom is 0.330 e. The molecule has 0 saturated heterocycles. The molecule has 0 spiro atoms. The average molecular weight is 226 g/mol. The van der Waals surface area contributed by atoms with Crippen LogP contribution in [0.2, 0.25) is 0 Å². The van der Waals surface area contributed by atoms with Gasteiger partial charge in [0.25, 0.3) is 0 Å². The Labute approximate surface area is 97.3 Å². The van der Waals surface area contributed by atoms with Crippen molar-refractivity contribution in [2.24, 2.45) is 0 Å². The molecule has 0 unspecified atom stereocenters. The molecule has 16 heavy (non-hydrogen) atoms. The standard InChI is InChI=1S/C12H22N2O2/c1-3-14(11-4-5-11)9-8-13-7-6-10(2)12(15)16/h6,11,13H,3-5,7-9H2,1-2H3,(H,15,16)/b10-6-. The van der Waals surface area contributed by atoms with Crippen LogP contribution in [-0.2, 0) is 4.79 Å². The first-order chi connectivity index (χ1) is 7.65. The Morgan fingerprint density at radius 2 is 2.25 bits per heavy atom. The molecule has 0 aromatic heterocycles. The fourth-order valence-electron chi connectivity index (χ4n) is 1.68. The van der Waals surface area contributed by atoms with Gasteiger partial charge in [-0.15, -0.1) is 0 Å². The lowest BCUT2D eigenvalue weighted by atomic mass is 10.3. The quantitative estimate of drug-likeness (QED) is 0.480. The number of carboxylic acid groups (broad SMARTS) is 1. The van der Waals surface area contributed by atoms with Crippen LogP contribution in [0, 0.1) is 0 Å². The van der Waals surface area contributed by atoms with Crippen molar-refractivity contribution in [2.75, 3.05) is 26.2 Å². The van der Waals surface area contributed by atoms with E-state index in [1.165, 1.54) is 12.8 Å². The lowest BCUT2D eigenvalue weighted by Gasteiger charge is -2.19. The number of likely N-dealkylation sites (N-methyl/N-ethyl adjacent to an activating group) is 1. The van der Waals surface area contributed by atoms with E-state index in [1.807, 2.05) is 0 Å². The van der Waals surface area contributed by atoms with Crippen LogP contribution in [0.5, 0.6) is 0 Å². The Bertz CT molecular complexity index is 260. The molecular weight excluding hydrogens is 204 g/mol. The maximum atomic E-state index is 10.5. The first-order valence-corrected chi connectivity index (χ1v) is 6.00. The van der Waals surface area contributed by atoms with E-state index in [-0.39, 0.29) is 0 Å². The minimum Gasteiger partial charge on any atom is -0.478 e. The number of aliphatic carboxylic acids is 1. The van der Waals surface area contributed by atoms with Crippen LogP contribution in [-0.4, -0.2) is 48.2 Å². The summed E-state index contributed by atoms with van der Waals surface area (Å²) in [5.41, 5.74) is 0.405. The summed E-state index contributed by atoms with van der Waals surface area (Å²) in [7, 11) is 0. The van der Waals surface area contributed by atoms with Gasteiger partial charge in [0, 0.05) is 31.2 Å². The van der Waals surface area contributed by atoms with Crippen LogP contribution in [0.25, 0.3) is 0 Å². The molecule has 0 aromatic carbocycles. The molecule has 0 aromatic rings. The fraction of sp³-hybridized carbons (Fsp3) is 0.750. The molecule has 4 heteroatoms. The van der Waals surface area contributed by atoms with Crippen LogP contribution < -0.4 is 5.32 Å². The predicted octanol–water partition coefficient (Wildman–Crippen LogP) is 1.09. The Balaban J connectivity index is 2.06. The van der Waals surface area contributed by atoms with E-state index in [1.54, 1.807) is 13.0 Å². The van der Waals surface area contributed by atoms with E-state index < -0.39 is 5.97 Å². The van der Waals surface area contributed by atoms with Crippen LogP contribution in [0.1, 0.15) is 26.7 Å². The van der Waals surface area contributed by atoms with Gasteiger partial charge in [-0.1, -0.05) is 13.0 Å². The van der Waals surface area contributed by atoms with E-state index in [0.717, 1.165) is 25.7 Å². The summed E-state index contributed by atoms with van der Waals surface area (Å²) < 4.78 is 0. The summed E-state index contributed by atoms with van der Waals surface area (Å²) in [4.78, 5) is 13.0. The molecule has 2 N–H and O–H groups in total. The molecule has 0 radical (unpaired) electrons. The van der Waals surface area contributed by atoms with E-state index in [2.05, 4.69) is 17.1 Å². The minimum absolute atomic E-state index is 0.405. The van der Waals surface area contributed by atoms with E-state index >= 15 is 0 Å². The fourth-order valence-corrected chi connectivity index (χ4v) is 1.68. The Kier molecular flexibility index (Phi) is 5.49. The van der Waals surface area contributed by atoms with Crippen molar-refractivity contribution >= 4 is 5.97 Å². The van der Waals surface area contributed by atoms with Crippen molar-refractivity contribution in [1.29, 1.82) is 0 Å². The van der Waals surface area contributed by atoms with Crippen molar-refractivity contribution in [3.63, 3.8) is 0 Å². The van der Waals surface area contributed by atoms with Gasteiger partial charge < -0.3 is 10.4 Å². The highest BCUT2D eigenvalue weighted by molar-refractivity contribution is 5.85. The van der Waals surface area contributed by atoms with Gasteiger partial charge in [-0.05, 0) is 26.3 Å². The molecule has 1 fully saturated rings. The van der Waals surface area contributed by atoms with Gasteiger partial charge in [0.05, 0.1) is 0 Å². The lowest BCUT2D eigenvalue weighted by molar-refractivity contribution is -0.132. The van der Waals surface area contributed by atoms with Crippen LogP contribution in [0.3, 0.4) is 0 Å². The first-order valence-electron chi connectivity index (χ1n) is 6.00. The average Bonchev–Trinajstić information content (AvgIpc) is 3.06. The summed E-state index contributed by atoms with van der Waals surface area (Å²) in [5.74, 6) is -0.838. The second kappa shape index (κ2) is 6.66. The minimum atomic E-state index is -0.838. The highest BCUT2D eigenvalue weighted by Gasteiger charge is 2.26. The molecule has 0 amide bonds. The SMILES string of the molecule is CCN(CCNC/C=C(/C)C(=O)O)C1CC1. The summed E-state index contributed by atoms with van der Waals surface area (Å²) in [6.45, 7) is 7.53. The molecule has 0 bridgehead atoms. The normalized spacial score (nSPS) is 16.8. The van der Waals surface area contributed by atoms with Gasteiger partial charge in [-0.2, -0.15) is 0 Å². The van der Waals surface area contributed by atoms with Gasteiger partial charge in [0.15, 0.2) is 0 Å². The largest absolute Gasteiger partial charge is 0.478 e. The summed E-state index contributed by atoms with van der Waals surface area (Å²) >= 11 is 0. The van der Waals surface area contributed by atoms with Crippen molar-refractivity contribution in [3.05, 3.63) is 11.6 Å². The van der Waals surface area contributed by atoms with Crippen LogP contribution >= 0.6 is 0 Å². The molecule has 1 aliphatic rings. The third kappa shape index (κ3) is 4.77. The van der Waals surface area contributed by atoms with Crippen molar-refractivity contribution in [3.8, 4) is 0 Å². The van der Waals surface area contributed by atoms with Crippen molar-refractivity contribution in [2.45, 2.75) is 32.7 Å². The molecule has 1 rings (SSSR count). The van der Waals surface area contributed by atoms with Gasteiger partial charge in [0.2, 0.25) is 0 Å². The van der Waals surface area contributed by atoms with E-state index in [9.17, 15) is 4.79 Å². The third-order valence-corrected chi connectivity index (χ3v) is 2.94. The van der Waals surface area contributed by atoms with Gasteiger partial charge in [-0.25, -0.2) is 4.79 Å². The third-order valence-electron chi connectivity index (χ3n) is 2.94. The zero-order valence-corrected chi connectivity index (χ0v) is 10.2. The Morgan fingerprint density at radius 3 is 2.75 bits per heavy atom. The monoisotopic (exact) mass is 226 g/mol. The summed E-state index contributed by atoms with van der Waals surface area (Å²) in [5, 5.41) is 11.9. The molecular formula is C12H22N2O2. The number of rotatable bonds is 8. The second-order valence-electron chi connectivity index (χ2n) is 4.26. The Hall–Kier alpha value is -0.870. The smallest absolute Gasteiger partial charge is 0.330 e. The number of carbonyl (C=O) groups is 1. The van der Waals surface area contributed by atoms with Gasteiger partial charge >= 0.3 is 5.97 Å². The lowest BCUT2D eigenvalue weighted by Crippen LogP contribution is -2.33. The number of carboxylic acids is 1. The number of nitrogens with one attached hydrogen (secondary N) is 1. The predicted molar refractivity (Wildman–Crippen MR) is 64.5 cm³/mol. The number of hydrogen-bond donors (Lipinski definition) is 2. The Morgan fingerprint density at radius 1 is 1.56 bits per heavy atom. The van der Waals surface area contributed by atoms with Crippen molar-refractivity contribution in [1.82, 2.24) is 10.2 Å². The zero-order valence-electron chi connectivity index (χ0n) is 10.2.